The first kappa shape index (κ1) is 17.3. The van der Waals surface area contributed by atoms with Crippen molar-refractivity contribution in [2.24, 2.45) is 0 Å². The minimum atomic E-state index is -3.03. The number of aliphatic carboxylic acids is 1. The number of sulfone groups is 1. The van der Waals surface area contributed by atoms with Crippen LogP contribution >= 0.6 is 11.8 Å². The van der Waals surface area contributed by atoms with Crippen LogP contribution in [0.4, 0.5) is 0 Å². The maximum Gasteiger partial charge on any atom is 0.327 e. The molecule has 0 aromatic carbocycles. The first-order chi connectivity index (χ1) is 9.20. The predicted octanol–water partition coefficient (Wildman–Crippen LogP) is 0.665. The summed E-state index contributed by atoms with van der Waals surface area (Å²) < 4.78 is 23.1. The van der Waals surface area contributed by atoms with Crippen molar-refractivity contribution in [1.29, 1.82) is 0 Å². The quantitative estimate of drug-likeness (QED) is 0.745. The number of nitrogens with one attached hydrogen (secondary N) is 1. The molecule has 0 spiro atoms. The summed E-state index contributed by atoms with van der Waals surface area (Å²) in [5.74, 6) is -1.19. The van der Waals surface area contributed by atoms with Gasteiger partial charge in [0, 0.05) is 24.2 Å². The zero-order chi connectivity index (χ0) is 15.3. The molecule has 3 atom stereocenters. The Morgan fingerprint density at radius 2 is 2.05 bits per heavy atom. The highest BCUT2D eigenvalue weighted by Gasteiger charge is 2.30. The van der Waals surface area contributed by atoms with Gasteiger partial charge in [0.1, 0.15) is 15.9 Å². The van der Waals surface area contributed by atoms with Gasteiger partial charge in [-0.3, -0.25) is 4.79 Å². The molecule has 2 N–H and O–H groups in total. The zero-order valence-corrected chi connectivity index (χ0v) is 13.3. The molecule has 1 saturated carbocycles. The van der Waals surface area contributed by atoms with E-state index in [1.54, 1.807) is 0 Å². The largest absolute Gasteiger partial charge is 0.480 e. The maximum absolute atomic E-state index is 11.6. The first-order valence-electron chi connectivity index (χ1n) is 6.50. The van der Waals surface area contributed by atoms with E-state index >= 15 is 0 Å². The van der Waals surface area contributed by atoms with Gasteiger partial charge in [0.25, 0.3) is 0 Å². The first-order valence-corrected chi connectivity index (χ1v) is 9.51. The van der Waals surface area contributed by atoms with Crippen LogP contribution in [0.1, 0.15) is 32.6 Å². The minimum Gasteiger partial charge on any atom is -0.480 e. The van der Waals surface area contributed by atoms with Crippen LogP contribution in [-0.2, 0) is 19.4 Å². The molecule has 0 aromatic rings. The fourth-order valence-corrected chi connectivity index (χ4v) is 4.99. The Bertz CT molecular complexity index is 462. The second-order valence-electron chi connectivity index (χ2n) is 5.16. The third-order valence-corrected chi connectivity index (χ3v) is 6.42. The van der Waals surface area contributed by atoms with E-state index in [0.717, 1.165) is 12.8 Å². The lowest BCUT2D eigenvalue weighted by Crippen LogP contribution is -2.42. The lowest BCUT2D eigenvalue weighted by atomic mass is 10.00. The Hall–Kier alpha value is -0.760. The fraction of sp³-hybridized carbons (Fsp3) is 0.833. The second-order valence-corrected chi connectivity index (χ2v) is 8.82. The van der Waals surface area contributed by atoms with Crippen LogP contribution in [0.5, 0.6) is 0 Å². The van der Waals surface area contributed by atoms with Gasteiger partial charge < -0.3 is 10.4 Å². The Balaban J connectivity index is 2.51. The topological polar surface area (TPSA) is 101 Å². The molecule has 116 valence electrons. The highest BCUT2D eigenvalue weighted by molar-refractivity contribution is 8.00. The number of hydrogen-bond donors (Lipinski definition) is 2. The van der Waals surface area contributed by atoms with Gasteiger partial charge in [0.15, 0.2) is 0 Å². The Morgan fingerprint density at radius 3 is 2.55 bits per heavy atom. The van der Waals surface area contributed by atoms with Gasteiger partial charge in [-0.1, -0.05) is 6.42 Å². The van der Waals surface area contributed by atoms with Crippen LogP contribution in [0.25, 0.3) is 0 Å². The molecule has 0 aromatic heterocycles. The van der Waals surface area contributed by atoms with E-state index < -0.39 is 21.8 Å². The molecule has 1 rings (SSSR count). The summed E-state index contributed by atoms with van der Waals surface area (Å²) >= 11 is 1.44. The Kier molecular flexibility index (Phi) is 6.32. The number of carboxylic acid groups (broad SMARTS) is 1. The van der Waals surface area contributed by atoms with Crippen molar-refractivity contribution in [2.75, 3.05) is 12.0 Å². The highest BCUT2D eigenvalue weighted by Crippen LogP contribution is 2.32. The van der Waals surface area contributed by atoms with Crippen LogP contribution in [0.2, 0.25) is 0 Å². The summed E-state index contributed by atoms with van der Waals surface area (Å²) in [6.07, 6.45) is 4.23. The third kappa shape index (κ3) is 5.70. The molecule has 0 aliphatic heterocycles. The number of thioether (sulfide) groups is 1. The Morgan fingerprint density at radius 1 is 1.40 bits per heavy atom. The van der Waals surface area contributed by atoms with Crippen molar-refractivity contribution < 1.29 is 23.1 Å². The molecule has 6 nitrogen and oxygen atoms in total. The summed E-state index contributed by atoms with van der Waals surface area (Å²) in [4.78, 5) is 21.9. The molecule has 0 bridgehead atoms. The minimum absolute atomic E-state index is 0.138. The predicted molar refractivity (Wildman–Crippen MR) is 78.6 cm³/mol. The number of carbonyl (C=O) groups excluding carboxylic acids is 1. The maximum atomic E-state index is 11.6. The molecule has 8 heteroatoms. The van der Waals surface area contributed by atoms with Gasteiger partial charge in [-0.2, -0.15) is 11.8 Å². The van der Waals surface area contributed by atoms with Gasteiger partial charge in [-0.15, -0.1) is 0 Å². The average molecular weight is 323 g/mol. The summed E-state index contributed by atoms with van der Waals surface area (Å²) in [7, 11) is -3.03. The van der Waals surface area contributed by atoms with Gasteiger partial charge in [0.2, 0.25) is 5.91 Å². The fourth-order valence-electron chi connectivity index (χ4n) is 2.29. The monoisotopic (exact) mass is 323 g/mol. The third-order valence-electron chi connectivity index (χ3n) is 3.36. The molecular formula is C12H21NO5S2. The number of amides is 1. The normalized spacial score (nSPS) is 24.9. The van der Waals surface area contributed by atoms with Crippen molar-refractivity contribution in [3.63, 3.8) is 0 Å². The van der Waals surface area contributed by atoms with Crippen molar-refractivity contribution >= 4 is 33.5 Å². The standard InChI is InChI=1S/C12H21NO5S2/c1-8(14)13-11(12(15)16)7-19-9-4-3-5-10(6-9)20(2,17)18/h9-11H,3-7H2,1-2H3,(H,13,14)(H,15,16). The summed E-state index contributed by atoms with van der Waals surface area (Å²) in [6, 6.07) is -0.920. The van der Waals surface area contributed by atoms with E-state index in [1.165, 1.54) is 24.9 Å². The number of carboxylic acids is 1. The van der Waals surface area contributed by atoms with Crippen LogP contribution in [0.3, 0.4) is 0 Å². The molecule has 0 saturated heterocycles. The number of carbonyl (C=O) groups is 2. The number of hydrogen-bond acceptors (Lipinski definition) is 5. The van der Waals surface area contributed by atoms with Crippen LogP contribution in [0, 0.1) is 0 Å². The lowest BCUT2D eigenvalue weighted by molar-refractivity contribution is -0.140. The van der Waals surface area contributed by atoms with Gasteiger partial charge in [-0.05, 0) is 19.3 Å². The summed E-state index contributed by atoms with van der Waals surface area (Å²) in [6.45, 7) is 1.28. The molecule has 3 unspecified atom stereocenters. The van der Waals surface area contributed by atoms with E-state index in [4.69, 9.17) is 5.11 Å². The van der Waals surface area contributed by atoms with Crippen molar-refractivity contribution in [1.82, 2.24) is 5.32 Å². The molecular weight excluding hydrogens is 302 g/mol. The van der Waals surface area contributed by atoms with E-state index in [0.29, 0.717) is 12.8 Å². The zero-order valence-electron chi connectivity index (χ0n) is 11.7. The molecule has 1 amide bonds. The van der Waals surface area contributed by atoms with Gasteiger partial charge in [-0.25, -0.2) is 13.2 Å². The average Bonchev–Trinajstić information content (AvgIpc) is 2.33. The SMILES string of the molecule is CC(=O)NC(CSC1CCCC(S(C)(=O)=O)C1)C(=O)O. The smallest absolute Gasteiger partial charge is 0.327 e. The lowest BCUT2D eigenvalue weighted by Gasteiger charge is -2.28. The van der Waals surface area contributed by atoms with Crippen molar-refractivity contribution in [3.05, 3.63) is 0 Å². The summed E-state index contributed by atoms with van der Waals surface area (Å²) in [5, 5.41) is 11.2. The summed E-state index contributed by atoms with van der Waals surface area (Å²) in [5.41, 5.74) is 0. The van der Waals surface area contributed by atoms with Crippen molar-refractivity contribution in [2.45, 2.75) is 49.1 Å². The van der Waals surface area contributed by atoms with Crippen LogP contribution in [-0.4, -0.2) is 54.0 Å². The van der Waals surface area contributed by atoms with Gasteiger partial charge in [0.05, 0.1) is 5.25 Å². The number of rotatable bonds is 6. The van der Waals surface area contributed by atoms with E-state index in [9.17, 15) is 18.0 Å². The Labute approximate surface area is 123 Å². The second kappa shape index (κ2) is 7.31. The van der Waals surface area contributed by atoms with E-state index in [1.807, 2.05) is 0 Å². The molecule has 1 aliphatic rings. The molecule has 20 heavy (non-hydrogen) atoms. The highest BCUT2D eigenvalue weighted by atomic mass is 32.2. The van der Waals surface area contributed by atoms with Crippen molar-refractivity contribution in [3.8, 4) is 0 Å². The molecule has 1 aliphatic carbocycles. The van der Waals surface area contributed by atoms with Crippen LogP contribution < -0.4 is 5.32 Å². The molecule has 1 fully saturated rings. The van der Waals surface area contributed by atoms with Crippen LogP contribution in [0.15, 0.2) is 0 Å². The van der Waals surface area contributed by atoms with Gasteiger partial charge >= 0.3 is 5.97 Å². The molecule has 0 heterocycles. The van der Waals surface area contributed by atoms with E-state index in [-0.39, 0.29) is 22.2 Å². The van der Waals surface area contributed by atoms with E-state index in [2.05, 4.69) is 5.32 Å². The molecule has 0 radical (unpaired) electrons.